The third kappa shape index (κ3) is 3.97. The van der Waals surface area contributed by atoms with Gasteiger partial charge in [-0.05, 0) is 56.0 Å². The van der Waals surface area contributed by atoms with Gasteiger partial charge in [0, 0.05) is 17.5 Å². The van der Waals surface area contributed by atoms with Gasteiger partial charge in [0.2, 0.25) is 5.91 Å². The summed E-state index contributed by atoms with van der Waals surface area (Å²) in [5.41, 5.74) is 1.40. The number of thiophene rings is 1. The lowest BCUT2D eigenvalue weighted by Gasteiger charge is -2.45. The van der Waals surface area contributed by atoms with Crippen LogP contribution in [0.1, 0.15) is 66.9 Å². The molecule has 1 N–H and O–H groups in total. The zero-order valence-corrected chi connectivity index (χ0v) is 20.0. The predicted molar refractivity (Wildman–Crippen MR) is 129 cm³/mol. The van der Waals surface area contributed by atoms with Crippen molar-refractivity contribution in [1.29, 1.82) is 0 Å². The minimum Gasteiger partial charge on any atom is -0.351 e. The molecule has 7 heteroatoms. The number of hydrogen-bond acceptors (Lipinski definition) is 3. The van der Waals surface area contributed by atoms with E-state index >= 15 is 0 Å². The number of hydrogen-bond donors (Lipinski definition) is 1. The van der Waals surface area contributed by atoms with Gasteiger partial charge in [0.25, 0.3) is 5.91 Å². The summed E-state index contributed by atoms with van der Waals surface area (Å²) in [6, 6.07) is 10.4. The molecule has 1 aliphatic heterocycles. The number of nitrogens with one attached hydrogen (secondary N) is 1. The van der Waals surface area contributed by atoms with Crippen LogP contribution in [0.25, 0.3) is 10.2 Å². The molecule has 0 radical (unpaired) electrons. The quantitative estimate of drug-likeness (QED) is 0.556. The van der Waals surface area contributed by atoms with Crippen LogP contribution in [0.5, 0.6) is 0 Å². The molecule has 2 amide bonds. The van der Waals surface area contributed by atoms with Crippen molar-refractivity contribution in [2.45, 2.75) is 77.0 Å². The molecular weight excluding hydrogens is 437 g/mol. The summed E-state index contributed by atoms with van der Waals surface area (Å²) in [6.07, 6.45) is 6.36. The molecule has 2 aromatic heterocycles. The van der Waals surface area contributed by atoms with Gasteiger partial charge in [-0.3, -0.25) is 9.59 Å². The average molecular weight is 468 g/mol. The van der Waals surface area contributed by atoms with Crippen molar-refractivity contribution < 1.29 is 14.0 Å². The second kappa shape index (κ2) is 8.60. The van der Waals surface area contributed by atoms with Crippen molar-refractivity contribution in [3.8, 4) is 0 Å². The molecule has 174 valence electrons. The van der Waals surface area contributed by atoms with E-state index in [1.165, 1.54) is 23.4 Å². The van der Waals surface area contributed by atoms with Crippen LogP contribution in [-0.4, -0.2) is 32.9 Å². The number of aromatic nitrogens is 1. The maximum Gasteiger partial charge on any atom is 0.271 e. The van der Waals surface area contributed by atoms with E-state index in [2.05, 4.69) is 18.3 Å². The van der Waals surface area contributed by atoms with E-state index in [-0.39, 0.29) is 30.2 Å². The predicted octanol–water partition coefficient (Wildman–Crippen LogP) is 5.27. The number of halogens is 1. The first-order chi connectivity index (χ1) is 15.9. The Labute approximate surface area is 197 Å². The smallest absolute Gasteiger partial charge is 0.271 e. The Balaban J connectivity index is 1.54. The molecule has 0 bridgehead atoms. The van der Waals surface area contributed by atoms with Crippen molar-refractivity contribution in [3.63, 3.8) is 0 Å². The lowest BCUT2D eigenvalue weighted by molar-refractivity contribution is -0.134. The minimum absolute atomic E-state index is 0.108. The van der Waals surface area contributed by atoms with Gasteiger partial charge in [-0.1, -0.05) is 38.3 Å². The first-order valence-corrected chi connectivity index (χ1v) is 12.7. The van der Waals surface area contributed by atoms with E-state index in [9.17, 15) is 14.0 Å². The molecule has 1 atom stereocenters. The fourth-order valence-corrected chi connectivity index (χ4v) is 6.21. The number of amides is 2. The van der Waals surface area contributed by atoms with Crippen LogP contribution in [-0.2, 0) is 24.3 Å². The Hall–Kier alpha value is -2.67. The van der Waals surface area contributed by atoms with Gasteiger partial charge in [-0.15, -0.1) is 11.3 Å². The summed E-state index contributed by atoms with van der Waals surface area (Å²) < 4.78 is 16.6. The van der Waals surface area contributed by atoms with Gasteiger partial charge < -0.3 is 14.8 Å². The van der Waals surface area contributed by atoms with Gasteiger partial charge in [-0.2, -0.15) is 0 Å². The van der Waals surface area contributed by atoms with E-state index in [0.717, 1.165) is 47.9 Å². The Kier molecular flexibility index (Phi) is 5.77. The molecule has 5 nitrogen and oxygen atoms in total. The Morgan fingerprint density at radius 3 is 2.61 bits per heavy atom. The zero-order valence-electron chi connectivity index (χ0n) is 19.2. The molecule has 3 aromatic rings. The van der Waals surface area contributed by atoms with Gasteiger partial charge >= 0.3 is 0 Å². The Morgan fingerprint density at radius 1 is 1.18 bits per heavy atom. The van der Waals surface area contributed by atoms with Crippen LogP contribution in [0.2, 0.25) is 0 Å². The maximum atomic E-state index is 13.8. The van der Waals surface area contributed by atoms with Crippen molar-refractivity contribution in [1.82, 2.24) is 14.8 Å². The third-order valence-corrected chi connectivity index (χ3v) is 8.41. The number of benzene rings is 1. The normalized spacial score (nSPS) is 21.4. The molecule has 5 rings (SSSR count). The molecule has 0 saturated heterocycles. The van der Waals surface area contributed by atoms with Crippen LogP contribution in [0.4, 0.5) is 4.39 Å². The van der Waals surface area contributed by atoms with Crippen LogP contribution < -0.4 is 5.32 Å². The summed E-state index contributed by atoms with van der Waals surface area (Å²) in [5, 5.41) is 3.26. The minimum atomic E-state index is -1.05. The summed E-state index contributed by atoms with van der Waals surface area (Å²) >= 11 is 1.70. The fraction of sp³-hybridized carbons (Fsp3) is 0.462. The molecule has 0 unspecified atom stereocenters. The lowest BCUT2D eigenvalue weighted by Crippen LogP contribution is -2.64. The molecule has 1 fully saturated rings. The van der Waals surface area contributed by atoms with E-state index < -0.39 is 5.54 Å². The number of fused-ring (bicyclic) bond motifs is 3. The summed E-state index contributed by atoms with van der Waals surface area (Å²) in [4.78, 5) is 30.5. The number of carbonyl (C=O) groups excluding carboxylic acids is 2. The molecule has 3 heterocycles. The second-order valence-corrected chi connectivity index (χ2v) is 10.7. The van der Waals surface area contributed by atoms with Crippen molar-refractivity contribution in [3.05, 3.63) is 58.3 Å². The van der Waals surface area contributed by atoms with Crippen LogP contribution in [0.15, 0.2) is 36.4 Å². The highest BCUT2D eigenvalue weighted by molar-refractivity contribution is 7.19. The highest BCUT2D eigenvalue weighted by atomic mass is 32.1. The first-order valence-electron chi connectivity index (χ1n) is 11.9. The van der Waals surface area contributed by atoms with Crippen molar-refractivity contribution in [2.75, 3.05) is 0 Å². The molecule has 1 aromatic carbocycles. The zero-order chi connectivity index (χ0) is 23.2. The molecule has 1 aliphatic carbocycles. The highest BCUT2D eigenvalue weighted by Crippen LogP contribution is 2.37. The Morgan fingerprint density at radius 2 is 1.91 bits per heavy atom. The van der Waals surface area contributed by atoms with Crippen molar-refractivity contribution in [2.24, 2.45) is 0 Å². The van der Waals surface area contributed by atoms with Gasteiger partial charge in [0.15, 0.2) is 0 Å². The summed E-state index contributed by atoms with van der Waals surface area (Å²) in [7, 11) is 0. The average Bonchev–Trinajstić information content (AvgIpc) is 3.37. The molecular formula is C26H30FN3O2S. The van der Waals surface area contributed by atoms with E-state index in [4.69, 9.17) is 0 Å². The summed E-state index contributed by atoms with van der Waals surface area (Å²) in [5.74, 6) is -0.584. The molecule has 33 heavy (non-hydrogen) atoms. The van der Waals surface area contributed by atoms with E-state index in [1.54, 1.807) is 28.4 Å². The summed E-state index contributed by atoms with van der Waals surface area (Å²) in [6.45, 7) is 4.65. The second-order valence-electron chi connectivity index (χ2n) is 9.53. The largest absolute Gasteiger partial charge is 0.351 e. The van der Waals surface area contributed by atoms with Gasteiger partial charge in [-0.25, -0.2) is 4.39 Å². The number of nitrogens with zero attached hydrogens (tertiary/aromatic N) is 2. The molecule has 1 saturated carbocycles. The van der Waals surface area contributed by atoms with Crippen LogP contribution in [0.3, 0.4) is 0 Å². The molecule has 2 aliphatic rings. The first kappa shape index (κ1) is 22.1. The maximum absolute atomic E-state index is 13.8. The molecule has 0 spiro atoms. The fourth-order valence-electron chi connectivity index (χ4n) is 5.17. The lowest BCUT2D eigenvalue weighted by atomic mass is 9.91. The topological polar surface area (TPSA) is 54.3 Å². The Bertz CT molecular complexity index is 1190. The third-order valence-electron chi connectivity index (χ3n) is 7.20. The van der Waals surface area contributed by atoms with Gasteiger partial charge in [0.1, 0.15) is 17.1 Å². The van der Waals surface area contributed by atoms with Crippen LogP contribution >= 0.6 is 11.3 Å². The number of rotatable bonds is 5. The van der Waals surface area contributed by atoms with Gasteiger partial charge in [0.05, 0.1) is 16.8 Å². The van der Waals surface area contributed by atoms with Crippen LogP contribution in [0, 0.1) is 5.82 Å². The van der Waals surface area contributed by atoms with Crippen molar-refractivity contribution >= 4 is 33.4 Å². The monoisotopic (exact) mass is 467 g/mol. The standard InChI is InChI=1S/C26H30FN3O2S/c1-3-20-13-21-23(33-20)14-22-24(31)30(15-17-9-11-18(27)12-10-17)26(2,16-29(21)22)25(32)28-19-7-5-4-6-8-19/h9-14,19H,3-8,15-16H2,1-2H3,(H,28,32)/t26-/m0/s1. The highest BCUT2D eigenvalue weighted by Gasteiger charge is 2.48. The number of aryl methyl sites for hydroxylation is 1. The SMILES string of the molecule is CCc1cc2c(cc3n2C[C@@](C)(C(=O)NC2CCCCC2)N(Cc2ccc(F)cc2)C3=O)s1. The van der Waals surface area contributed by atoms with E-state index in [0.29, 0.717) is 12.2 Å². The number of carbonyl (C=O) groups is 2. The van der Waals surface area contributed by atoms with E-state index in [1.807, 2.05) is 17.6 Å².